The number of aromatic nitrogens is 1. The van der Waals surface area contributed by atoms with Crippen LogP contribution in [0.5, 0.6) is 5.75 Å². The summed E-state index contributed by atoms with van der Waals surface area (Å²) in [5.74, 6) is -0.103. The molecule has 1 aromatic heterocycles. The summed E-state index contributed by atoms with van der Waals surface area (Å²) in [6.45, 7) is 2.05. The molecule has 1 amide bonds. The minimum atomic E-state index is -3.71. The molecule has 0 bridgehead atoms. The highest BCUT2D eigenvalue weighted by Crippen LogP contribution is 2.33. The van der Waals surface area contributed by atoms with Crippen molar-refractivity contribution in [2.24, 2.45) is 0 Å². The van der Waals surface area contributed by atoms with E-state index in [0.29, 0.717) is 11.3 Å². The van der Waals surface area contributed by atoms with Gasteiger partial charge >= 0.3 is 0 Å². The fourth-order valence-corrected chi connectivity index (χ4v) is 5.08. The van der Waals surface area contributed by atoms with Crippen LogP contribution in [0.15, 0.2) is 59.8 Å². The van der Waals surface area contributed by atoms with Crippen molar-refractivity contribution in [1.29, 1.82) is 0 Å². The second-order valence-corrected chi connectivity index (χ2v) is 9.90. The number of nitrogens with one attached hydrogen (secondary N) is 2. The van der Waals surface area contributed by atoms with Crippen LogP contribution in [0.1, 0.15) is 24.8 Å². The van der Waals surface area contributed by atoms with Gasteiger partial charge in [-0.25, -0.2) is 13.1 Å². The number of anilines is 2. The topological polar surface area (TPSA) is 101 Å². The van der Waals surface area contributed by atoms with Crippen LogP contribution in [0.3, 0.4) is 0 Å². The first-order valence-electron chi connectivity index (χ1n) is 11.2. The molecule has 3 aromatic rings. The van der Waals surface area contributed by atoms with Crippen LogP contribution in [-0.2, 0) is 14.8 Å². The molecule has 8 nitrogen and oxygen atoms in total. The molecule has 1 fully saturated rings. The number of ether oxygens (including phenoxy) is 1. The summed E-state index contributed by atoms with van der Waals surface area (Å²) in [5, 5.41) is 4.85. The van der Waals surface area contributed by atoms with Crippen LogP contribution >= 0.6 is 0 Å². The molecule has 34 heavy (non-hydrogen) atoms. The molecule has 1 aliphatic rings. The van der Waals surface area contributed by atoms with Crippen LogP contribution in [0.4, 0.5) is 11.4 Å². The first kappa shape index (κ1) is 23.7. The number of hydrogen-bond donors (Lipinski definition) is 2. The normalized spacial score (nSPS) is 14.5. The number of pyridine rings is 1. The third-order valence-electron chi connectivity index (χ3n) is 5.92. The highest BCUT2D eigenvalue weighted by atomic mass is 32.2. The van der Waals surface area contributed by atoms with Gasteiger partial charge in [0.2, 0.25) is 15.9 Å². The SMILES string of the molecule is CNS(=O)(=O)c1cc(/C=C\C(=O)Nc2ccc(N3CCCCC3)c3ccncc23)ccc1OC. The van der Waals surface area contributed by atoms with Gasteiger partial charge in [-0.05, 0) is 68.3 Å². The molecule has 4 rings (SSSR count). The number of amides is 1. The highest BCUT2D eigenvalue weighted by molar-refractivity contribution is 7.89. The predicted octanol–water partition coefficient (Wildman–Crippen LogP) is 3.79. The maximum absolute atomic E-state index is 12.7. The quantitative estimate of drug-likeness (QED) is 0.499. The molecule has 0 saturated carbocycles. The molecule has 0 aliphatic carbocycles. The zero-order valence-corrected chi connectivity index (χ0v) is 20.1. The first-order valence-corrected chi connectivity index (χ1v) is 12.6. The molecule has 178 valence electrons. The number of nitrogens with zero attached hydrogens (tertiary/aromatic N) is 2. The average Bonchev–Trinajstić information content (AvgIpc) is 2.88. The molecule has 0 atom stereocenters. The van der Waals surface area contributed by atoms with Crippen molar-refractivity contribution >= 4 is 44.2 Å². The zero-order chi connectivity index (χ0) is 24.1. The minimum absolute atomic E-state index is 0.00503. The number of methoxy groups -OCH3 is 1. The van der Waals surface area contributed by atoms with Gasteiger partial charge in [0.1, 0.15) is 10.6 Å². The van der Waals surface area contributed by atoms with Crippen LogP contribution in [-0.4, -0.2) is 46.6 Å². The number of carbonyl (C=O) groups excluding carboxylic acids is 1. The van der Waals surface area contributed by atoms with Gasteiger partial charge in [0.15, 0.2) is 0 Å². The Morgan fingerprint density at radius 2 is 1.88 bits per heavy atom. The lowest BCUT2D eigenvalue weighted by Crippen LogP contribution is -2.29. The molecule has 1 aliphatic heterocycles. The molecule has 0 unspecified atom stereocenters. The molecular formula is C25H28N4O4S. The van der Waals surface area contributed by atoms with Gasteiger partial charge in [0.25, 0.3) is 0 Å². The van der Waals surface area contributed by atoms with Gasteiger partial charge in [-0.3, -0.25) is 9.78 Å². The van der Waals surface area contributed by atoms with Crippen LogP contribution in [0.25, 0.3) is 16.8 Å². The fraction of sp³-hybridized carbons (Fsp3) is 0.280. The fourth-order valence-electron chi connectivity index (χ4n) is 4.16. The summed E-state index contributed by atoms with van der Waals surface area (Å²) in [6.07, 6.45) is 10.1. The molecular weight excluding hydrogens is 452 g/mol. The summed E-state index contributed by atoms with van der Waals surface area (Å²) in [6, 6.07) is 10.6. The van der Waals surface area contributed by atoms with Gasteiger partial charge in [-0.2, -0.15) is 0 Å². The lowest BCUT2D eigenvalue weighted by atomic mass is 10.1. The number of piperidine rings is 1. The Balaban J connectivity index is 1.57. The standard InChI is InChI=1S/C25H28N4O4S/c1-26-34(31,32)24-16-18(6-10-23(24)33-2)7-11-25(30)28-21-8-9-22(29-14-4-3-5-15-29)19-12-13-27-17-20(19)21/h6-13,16-17,26H,3-5,14-15H2,1-2H3,(H,28,30)/b11-7-. The van der Waals surface area contributed by atoms with Crippen molar-refractivity contribution in [2.45, 2.75) is 24.2 Å². The predicted molar refractivity (Wildman–Crippen MR) is 135 cm³/mol. The lowest BCUT2D eigenvalue weighted by molar-refractivity contribution is -0.111. The second kappa shape index (κ2) is 10.2. The molecule has 2 heterocycles. The third-order valence-corrected chi connectivity index (χ3v) is 7.36. The van der Waals surface area contributed by atoms with Gasteiger partial charge in [0, 0.05) is 48.0 Å². The van der Waals surface area contributed by atoms with Crippen molar-refractivity contribution in [3.05, 3.63) is 60.4 Å². The van der Waals surface area contributed by atoms with Crippen LogP contribution in [0, 0.1) is 0 Å². The first-order chi connectivity index (χ1) is 16.4. The number of carbonyl (C=O) groups is 1. The monoisotopic (exact) mass is 480 g/mol. The Kier molecular flexibility index (Phi) is 7.14. The number of sulfonamides is 1. The van der Waals surface area contributed by atoms with Crippen LogP contribution in [0.2, 0.25) is 0 Å². The Morgan fingerprint density at radius 1 is 1.09 bits per heavy atom. The Bertz CT molecular complexity index is 1330. The third kappa shape index (κ3) is 5.05. The molecule has 2 aromatic carbocycles. The van der Waals surface area contributed by atoms with Gasteiger partial charge in [-0.15, -0.1) is 0 Å². The Morgan fingerprint density at radius 3 is 2.62 bits per heavy atom. The van der Waals surface area contributed by atoms with E-state index in [-0.39, 0.29) is 16.6 Å². The number of benzene rings is 2. The number of hydrogen-bond acceptors (Lipinski definition) is 6. The van der Waals surface area contributed by atoms with Gasteiger partial charge < -0.3 is 15.0 Å². The van der Waals surface area contributed by atoms with Crippen molar-refractivity contribution in [3.8, 4) is 5.75 Å². The van der Waals surface area contributed by atoms with E-state index >= 15 is 0 Å². The van der Waals surface area contributed by atoms with E-state index < -0.39 is 10.0 Å². The summed E-state index contributed by atoms with van der Waals surface area (Å²) >= 11 is 0. The second-order valence-electron chi connectivity index (χ2n) is 8.04. The molecule has 1 saturated heterocycles. The van der Waals surface area contributed by atoms with Crippen molar-refractivity contribution < 1.29 is 17.9 Å². The summed E-state index contributed by atoms with van der Waals surface area (Å²) < 4.78 is 32.0. The Hall–Kier alpha value is -3.43. The van der Waals surface area contributed by atoms with Crippen molar-refractivity contribution in [2.75, 3.05) is 37.5 Å². The summed E-state index contributed by atoms with van der Waals surface area (Å²) in [5.41, 5.74) is 2.38. The Labute approximate surface area is 199 Å². The van der Waals surface area contributed by atoms with Gasteiger partial charge in [0.05, 0.1) is 12.8 Å². The van der Waals surface area contributed by atoms with E-state index in [0.717, 1.165) is 29.5 Å². The average molecular weight is 481 g/mol. The van der Waals surface area contributed by atoms with Crippen LogP contribution < -0.4 is 19.7 Å². The zero-order valence-electron chi connectivity index (χ0n) is 19.2. The molecule has 0 spiro atoms. The lowest BCUT2D eigenvalue weighted by Gasteiger charge is -2.30. The van der Waals surface area contributed by atoms with E-state index in [4.69, 9.17) is 4.74 Å². The van der Waals surface area contributed by atoms with Crippen molar-refractivity contribution in [3.63, 3.8) is 0 Å². The molecule has 9 heteroatoms. The maximum Gasteiger partial charge on any atom is 0.248 e. The summed E-state index contributed by atoms with van der Waals surface area (Å²) in [7, 11) is -0.970. The molecule has 0 radical (unpaired) electrons. The highest BCUT2D eigenvalue weighted by Gasteiger charge is 2.18. The number of fused-ring (bicyclic) bond motifs is 1. The van der Waals surface area contributed by atoms with E-state index in [1.165, 1.54) is 45.6 Å². The largest absolute Gasteiger partial charge is 0.495 e. The van der Waals surface area contributed by atoms with E-state index in [1.54, 1.807) is 30.6 Å². The van der Waals surface area contributed by atoms with E-state index in [2.05, 4.69) is 19.9 Å². The van der Waals surface area contributed by atoms with E-state index in [1.807, 2.05) is 18.2 Å². The van der Waals surface area contributed by atoms with E-state index in [9.17, 15) is 13.2 Å². The van der Waals surface area contributed by atoms with Crippen molar-refractivity contribution in [1.82, 2.24) is 9.71 Å². The summed E-state index contributed by atoms with van der Waals surface area (Å²) in [4.78, 5) is 19.3. The number of rotatable bonds is 7. The maximum atomic E-state index is 12.7. The smallest absolute Gasteiger partial charge is 0.248 e. The van der Waals surface area contributed by atoms with Gasteiger partial charge in [-0.1, -0.05) is 6.07 Å². The minimum Gasteiger partial charge on any atom is -0.495 e. The molecule has 2 N–H and O–H groups in total.